The monoisotopic (exact) mass is 182 g/mol. The van der Waals surface area contributed by atoms with Crippen molar-refractivity contribution in [1.29, 1.82) is 0 Å². The molecule has 1 unspecified atom stereocenters. The summed E-state index contributed by atoms with van der Waals surface area (Å²) in [6, 6.07) is 8.75. The second-order valence-corrected chi connectivity index (χ2v) is 7.65. The molecule has 0 radical (unpaired) electrons. The summed E-state index contributed by atoms with van der Waals surface area (Å²) in [6.07, 6.45) is 0. The van der Waals surface area contributed by atoms with Crippen LogP contribution >= 0.6 is 6.04 Å². The molecule has 0 saturated carbocycles. The lowest BCUT2D eigenvalue weighted by molar-refractivity contribution is 1.77. The Hall–Kier alpha value is -0.390. The average Bonchev–Trinajstić information content (AvgIpc) is 2.06. The van der Waals surface area contributed by atoms with Crippen LogP contribution in [0.5, 0.6) is 0 Å². The van der Waals surface area contributed by atoms with Crippen LogP contribution in [-0.4, -0.2) is 6.66 Å². The van der Waals surface area contributed by atoms with Gasteiger partial charge in [0.2, 0.25) is 0 Å². The maximum absolute atomic E-state index is 5.40. The van der Waals surface area contributed by atoms with Gasteiger partial charge in [0.25, 0.3) is 0 Å². The first kappa shape index (κ1) is 8.70. The smallest absolute Gasteiger partial charge is 0.000138 e. The van der Waals surface area contributed by atoms with Gasteiger partial charge in [-0.25, -0.2) is 0 Å². The number of hydrogen-bond acceptors (Lipinski definition) is 1. The Morgan fingerprint density at radius 1 is 1.36 bits per heavy atom. The minimum Gasteiger partial charge on any atom is -0.0975 e. The first-order chi connectivity index (χ1) is 5.17. The third-order valence-electron chi connectivity index (χ3n) is 1.62. The molecule has 0 nitrogen and oxygen atoms in total. The Bertz CT molecular complexity index is 290. The standard InChI is InChI=1S/C9H11PS/c1-3-10(2,11)9-7-5-4-6-8-9/h3-8H,1H2,2H3. The van der Waals surface area contributed by atoms with Crippen molar-refractivity contribution in [3.8, 4) is 0 Å². The molecule has 0 N–H and O–H groups in total. The van der Waals surface area contributed by atoms with Crippen LogP contribution in [0.25, 0.3) is 0 Å². The fourth-order valence-electron chi connectivity index (χ4n) is 0.829. The second kappa shape index (κ2) is 3.34. The van der Waals surface area contributed by atoms with E-state index >= 15 is 0 Å². The van der Waals surface area contributed by atoms with Gasteiger partial charge in [-0.2, -0.15) is 0 Å². The van der Waals surface area contributed by atoms with Crippen molar-refractivity contribution in [2.24, 2.45) is 0 Å². The molecule has 1 atom stereocenters. The van der Waals surface area contributed by atoms with Crippen LogP contribution in [0.3, 0.4) is 0 Å². The first-order valence-electron chi connectivity index (χ1n) is 3.43. The molecule has 1 aromatic carbocycles. The summed E-state index contributed by atoms with van der Waals surface area (Å²) in [7, 11) is 0. The summed E-state index contributed by atoms with van der Waals surface area (Å²) in [5.41, 5.74) is 0. The Morgan fingerprint density at radius 3 is 2.36 bits per heavy atom. The predicted molar refractivity (Wildman–Crippen MR) is 56.5 cm³/mol. The SMILES string of the molecule is C=CP(C)(=S)c1ccccc1. The van der Waals surface area contributed by atoms with Crippen LogP contribution < -0.4 is 5.30 Å². The van der Waals surface area contributed by atoms with Gasteiger partial charge in [-0.15, -0.1) is 0 Å². The van der Waals surface area contributed by atoms with E-state index in [1.54, 1.807) is 0 Å². The minimum atomic E-state index is -1.43. The molecule has 0 aliphatic rings. The fourth-order valence-corrected chi connectivity index (χ4v) is 2.17. The average molecular weight is 182 g/mol. The van der Waals surface area contributed by atoms with Gasteiger partial charge in [0.1, 0.15) is 0 Å². The van der Waals surface area contributed by atoms with E-state index < -0.39 is 6.04 Å². The molecule has 0 bridgehead atoms. The number of rotatable bonds is 2. The maximum Gasteiger partial charge on any atom is 0.000138 e. The van der Waals surface area contributed by atoms with Crippen molar-refractivity contribution in [3.05, 3.63) is 42.7 Å². The zero-order valence-corrected chi connectivity index (χ0v) is 8.24. The molecule has 0 fully saturated rings. The molecular formula is C9H11PS. The Balaban J connectivity index is 3.13. The third-order valence-corrected chi connectivity index (χ3v) is 4.72. The van der Waals surface area contributed by atoms with Gasteiger partial charge in [-0.05, 0) is 12.0 Å². The van der Waals surface area contributed by atoms with Gasteiger partial charge in [0.05, 0.1) is 0 Å². The summed E-state index contributed by atoms with van der Waals surface area (Å²) < 4.78 is 0. The maximum atomic E-state index is 5.40. The van der Waals surface area contributed by atoms with Crippen molar-refractivity contribution in [1.82, 2.24) is 0 Å². The molecule has 0 aliphatic carbocycles. The van der Waals surface area contributed by atoms with E-state index in [9.17, 15) is 0 Å². The van der Waals surface area contributed by atoms with Crippen molar-refractivity contribution in [2.45, 2.75) is 0 Å². The van der Waals surface area contributed by atoms with E-state index in [0.29, 0.717) is 0 Å². The Morgan fingerprint density at radius 2 is 1.91 bits per heavy atom. The molecular weight excluding hydrogens is 171 g/mol. The molecule has 0 amide bonds. The van der Waals surface area contributed by atoms with Crippen molar-refractivity contribution >= 4 is 23.1 Å². The topological polar surface area (TPSA) is 0 Å². The quantitative estimate of drug-likeness (QED) is 0.633. The highest BCUT2D eigenvalue weighted by molar-refractivity contribution is 8.19. The van der Waals surface area contributed by atoms with Crippen LogP contribution in [0, 0.1) is 0 Å². The molecule has 0 aromatic heterocycles. The Kier molecular flexibility index (Phi) is 2.64. The predicted octanol–water partition coefficient (Wildman–Crippen LogP) is 2.56. The third kappa shape index (κ3) is 2.02. The second-order valence-electron chi connectivity index (χ2n) is 2.51. The number of benzene rings is 1. The summed E-state index contributed by atoms with van der Waals surface area (Å²) in [5.74, 6) is 1.90. The lowest BCUT2D eigenvalue weighted by Gasteiger charge is -2.10. The molecule has 1 rings (SSSR count). The summed E-state index contributed by atoms with van der Waals surface area (Å²) in [4.78, 5) is 0. The van der Waals surface area contributed by atoms with Gasteiger partial charge in [0.15, 0.2) is 0 Å². The molecule has 0 saturated heterocycles. The minimum absolute atomic E-state index is 1.24. The largest absolute Gasteiger partial charge is 0.0975 e. The van der Waals surface area contributed by atoms with E-state index in [1.807, 2.05) is 24.0 Å². The highest BCUT2D eigenvalue weighted by Crippen LogP contribution is 2.40. The summed E-state index contributed by atoms with van der Waals surface area (Å²) >= 11 is 5.40. The van der Waals surface area contributed by atoms with Gasteiger partial charge < -0.3 is 0 Å². The number of hydrogen-bond donors (Lipinski definition) is 0. The zero-order valence-electron chi connectivity index (χ0n) is 6.53. The molecule has 11 heavy (non-hydrogen) atoms. The molecule has 0 spiro atoms. The fraction of sp³-hybridized carbons (Fsp3) is 0.111. The molecule has 1 aromatic rings. The Labute approximate surface area is 73.0 Å². The summed E-state index contributed by atoms with van der Waals surface area (Å²) in [6.45, 7) is 5.84. The van der Waals surface area contributed by atoms with Crippen LogP contribution in [-0.2, 0) is 11.8 Å². The highest BCUT2D eigenvalue weighted by atomic mass is 32.4. The van der Waals surface area contributed by atoms with Crippen LogP contribution in [0.15, 0.2) is 42.7 Å². The van der Waals surface area contributed by atoms with E-state index in [1.165, 1.54) is 5.30 Å². The molecule has 0 heterocycles. The van der Waals surface area contributed by atoms with E-state index in [2.05, 4.69) is 25.4 Å². The van der Waals surface area contributed by atoms with Gasteiger partial charge in [-0.3, -0.25) is 0 Å². The lowest BCUT2D eigenvalue weighted by Crippen LogP contribution is -1.99. The van der Waals surface area contributed by atoms with Crippen LogP contribution in [0.4, 0.5) is 0 Å². The zero-order chi connectivity index (χ0) is 8.32. The van der Waals surface area contributed by atoms with Crippen LogP contribution in [0.1, 0.15) is 0 Å². The molecule has 0 aliphatic heterocycles. The first-order valence-corrected chi connectivity index (χ1v) is 6.75. The normalized spacial score (nSPS) is 15.4. The van der Waals surface area contributed by atoms with E-state index in [4.69, 9.17) is 11.8 Å². The van der Waals surface area contributed by atoms with Crippen molar-refractivity contribution in [2.75, 3.05) is 6.66 Å². The van der Waals surface area contributed by atoms with Gasteiger partial charge in [0, 0.05) is 6.04 Å². The van der Waals surface area contributed by atoms with E-state index in [0.717, 1.165) is 0 Å². The van der Waals surface area contributed by atoms with Gasteiger partial charge in [-0.1, -0.05) is 54.5 Å². The van der Waals surface area contributed by atoms with Crippen molar-refractivity contribution < 1.29 is 0 Å². The lowest BCUT2D eigenvalue weighted by atomic mass is 10.4. The van der Waals surface area contributed by atoms with Gasteiger partial charge >= 0.3 is 0 Å². The van der Waals surface area contributed by atoms with Crippen LogP contribution in [0.2, 0.25) is 0 Å². The van der Waals surface area contributed by atoms with E-state index in [-0.39, 0.29) is 0 Å². The molecule has 58 valence electrons. The van der Waals surface area contributed by atoms with Crippen molar-refractivity contribution in [3.63, 3.8) is 0 Å². The highest BCUT2D eigenvalue weighted by Gasteiger charge is 2.05. The molecule has 2 heteroatoms. The summed E-state index contributed by atoms with van der Waals surface area (Å²) in [5, 5.41) is 1.24.